The Labute approximate surface area is 116 Å². The lowest BCUT2D eigenvalue weighted by molar-refractivity contribution is 0.00819. The van der Waals surface area contributed by atoms with E-state index in [0.29, 0.717) is 0 Å². The Morgan fingerprint density at radius 1 is 1.30 bits per heavy atom. The van der Waals surface area contributed by atoms with Crippen LogP contribution in [-0.4, -0.2) is 37.7 Å². The van der Waals surface area contributed by atoms with Gasteiger partial charge in [-0.25, -0.2) is 19.0 Å². The zero-order valence-corrected chi connectivity index (χ0v) is 11.6. The van der Waals surface area contributed by atoms with Gasteiger partial charge < -0.3 is 4.55 Å². The van der Waals surface area contributed by atoms with Gasteiger partial charge in [-0.1, -0.05) is 0 Å². The molecule has 0 amide bonds. The highest BCUT2D eigenvalue weighted by Gasteiger charge is 2.25. The van der Waals surface area contributed by atoms with Gasteiger partial charge in [0.1, 0.15) is 0 Å². The molecule has 0 saturated carbocycles. The second kappa shape index (κ2) is 9.89. The Morgan fingerprint density at radius 3 is 2.40 bits per heavy atom. The highest BCUT2D eigenvalue weighted by atomic mass is 32.2. The Hall–Kier alpha value is -0.930. The van der Waals surface area contributed by atoms with E-state index in [4.69, 9.17) is 13.0 Å². The van der Waals surface area contributed by atoms with Crippen molar-refractivity contribution >= 4 is 10.3 Å². The van der Waals surface area contributed by atoms with Crippen molar-refractivity contribution < 1.29 is 26.1 Å². The molecular weight excluding hydrogens is 299 g/mol. The van der Waals surface area contributed by atoms with Crippen molar-refractivity contribution in [1.29, 1.82) is 0 Å². The number of nitrogens with two attached hydrogens (primary N) is 1. The average Bonchev–Trinajstić information content (AvgIpc) is 2.50. The largest absolute Gasteiger partial charge is 0.736 e. The summed E-state index contributed by atoms with van der Waals surface area (Å²) in [6, 6.07) is 0. The monoisotopic (exact) mass is 317 g/mol. The lowest BCUT2D eigenvalue weighted by Crippen LogP contribution is -2.38. The lowest BCUT2D eigenvalue weighted by atomic mass is 10.1. The van der Waals surface area contributed by atoms with Crippen LogP contribution in [0.5, 0.6) is 0 Å². The number of fused-ring (bicyclic) bond motifs is 1. The molecule has 2 aliphatic heterocycles. The standard InChI is InChI=1S/C9H15N2.CHF3.H3NO3S/c1-3-7-10-11-8-4-2-6-9(11)5-1;2-1(3)4;1-5(2,3)4/h10H,1-5,7-8H2;1H;(H3,1,2,3,4)/q+1;;/p-1. The van der Waals surface area contributed by atoms with Crippen LogP contribution < -0.4 is 10.6 Å². The summed E-state index contributed by atoms with van der Waals surface area (Å²) < 4.78 is 55.6. The molecule has 0 aromatic rings. The third-order valence-corrected chi connectivity index (χ3v) is 2.36. The van der Waals surface area contributed by atoms with Gasteiger partial charge in [-0.3, -0.25) is 5.01 Å². The van der Waals surface area contributed by atoms with Crippen molar-refractivity contribution in [2.75, 3.05) is 13.1 Å². The first kappa shape index (κ1) is 19.1. The highest BCUT2D eigenvalue weighted by Crippen LogP contribution is 2.19. The summed E-state index contributed by atoms with van der Waals surface area (Å²) in [7, 11) is -4.42. The molecule has 1 saturated heterocycles. The van der Waals surface area contributed by atoms with E-state index in [1.54, 1.807) is 0 Å². The zero-order chi connectivity index (χ0) is 15.6. The van der Waals surface area contributed by atoms with E-state index in [0.717, 1.165) is 13.0 Å². The average molecular weight is 317 g/mol. The predicted molar refractivity (Wildman–Crippen MR) is 65.5 cm³/mol. The quantitative estimate of drug-likeness (QED) is 0.514. The summed E-state index contributed by atoms with van der Waals surface area (Å²) in [4.78, 5) is 0. The van der Waals surface area contributed by atoms with E-state index in [9.17, 15) is 13.2 Å². The molecule has 2 rings (SSSR count). The summed E-state index contributed by atoms with van der Waals surface area (Å²) in [5.74, 6) is 0. The van der Waals surface area contributed by atoms with Crippen molar-refractivity contribution in [3.05, 3.63) is 11.8 Å². The first-order valence-corrected chi connectivity index (χ1v) is 7.44. The second-order valence-corrected chi connectivity index (χ2v) is 4.97. The van der Waals surface area contributed by atoms with Gasteiger partial charge in [0.15, 0.2) is 16.7 Å². The molecule has 0 unspecified atom stereocenters. The van der Waals surface area contributed by atoms with Crippen LogP contribution in [0.3, 0.4) is 0 Å². The minimum Gasteiger partial charge on any atom is -0.736 e. The van der Waals surface area contributed by atoms with E-state index in [-0.39, 0.29) is 0 Å². The summed E-state index contributed by atoms with van der Waals surface area (Å²) >= 11 is 0. The van der Waals surface area contributed by atoms with Crippen molar-refractivity contribution in [2.24, 2.45) is 5.14 Å². The van der Waals surface area contributed by atoms with Gasteiger partial charge in [0.25, 0.3) is 5.70 Å². The van der Waals surface area contributed by atoms with Gasteiger partial charge in [0.2, 0.25) is 6.08 Å². The van der Waals surface area contributed by atoms with Crippen LogP contribution in [0.25, 0.3) is 0 Å². The van der Waals surface area contributed by atoms with Crippen LogP contribution in [0.15, 0.2) is 5.70 Å². The Balaban J connectivity index is 0.000000340. The number of nitrogens with zero attached hydrogens (tertiary/aromatic N) is 1. The number of allylic oxidation sites excluding steroid dienone is 2. The number of alkyl halides is 3. The molecule has 0 aliphatic carbocycles. The maximum absolute atomic E-state index is 9.67. The number of halogens is 3. The van der Waals surface area contributed by atoms with Crippen molar-refractivity contribution in [2.45, 2.75) is 38.8 Å². The second-order valence-electron chi connectivity index (χ2n) is 3.98. The first-order valence-electron chi connectivity index (χ1n) is 5.96. The van der Waals surface area contributed by atoms with E-state index >= 15 is 0 Å². The SMILES string of the molecule is FC(F)F.NS(=O)(=O)[O-].[C+]1=C2CCCCNN2CCC1. The molecule has 118 valence electrons. The van der Waals surface area contributed by atoms with Crippen LogP contribution in [0, 0.1) is 6.08 Å². The summed E-state index contributed by atoms with van der Waals surface area (Å²) in [6.07, 6.45) is 9.72. The van der Waals surface area contributed by atoms with E-state index < -0.39 is 17.0 Å². The van der Waals surface area contributed by atoms with Crippen molar-refractivity contribution in [3.63, 3.8) is 0 Å². The maximum atomic E-state index is 9.67. The molecule has 20 heavy (non-hydrogen) atoms. The number of hydrazine groups is 1. The summed E-state index contributed by atoms with van der Waals surface area (Å²) in [5.41, 5.74) is 4.83. The van der Waals surface area contributed by atoms with E-state index in [1.165, 1.54) is 37.9 Å². The van der Waals surface area contributed by atoms with Crippen LogP contribution in [0.4, 0.5) is 13.2 Å². The number of rotatable bonds is 0. The maximum Gasteiger partial charge on any atom is 0.379 e. The molecule has 2 aliphatic rings. The zero-order valence-electron chi connectivity index (χ0n) is 10.8. The molecule has 0 spiro atoms. The number of hydrogen-bond acceptors (Lipinski definition) is 5. The molecule has 0 bridgehead atoms. The van der Waals surface area contributed by atoms with Crippen LogP contribution >= 0.6 is 0 Å². The molecule has 0 aromatic heterocycles. The topological polar surface area (TPSA) is 98.5 Å². The van der Waals surface area contributed by atoms with Gasteiger partial charge in [-0.15, -0.1) is 0 Å². The Morgan fingerprint density at radius 2 is 1.85 bits per heavy atom. The predicted octanol–water partition coefficient (Wildman–Crippen LogP) is 1.04. The molecule has 3 N–H and O–H groups in total. The number of hydrogen-bond donors (Lipinski definition) is 2. The normalized spacial score (nSPS) is 18.3. The molecule has 1 fully saturated rings. The van der Waals surface area contributed by atoms with Gasteiger partial charge >= 0.3 is 6.68 Å². The number of nitrogens with one attached hydrogen (secondary N) is 1. The highest BCUT2D eigenvalue weighted by molar-refractivity contribution is 7.83. The van der Waals surface area contributed by atoms with Crippen LogP contribution in [0.1, 0.15) is 32.1 Å². The summed E-state index contributed by atoms with van der Waals surface area (Å²) in [6.45, 7) is -1.34. The molecule has 0 radical (unpaired) electrons. The lowest BCUT2D eigenvalue weighted by Gasteiger charge is -2.21. The van der Waals surface area contributed by atoms with Crippen molar-refractivity contribution in [3.8, 4) is 0 Å². The third-order valence-electron chi connectivity index (χ3n) is 2.36. The van der Waals surface area contributed by atoms with Gasteiger partial charge in [-0.05, 0) is 12.8 Å². The first-order chi connectivity index (χ1) is 9.20. The fourth-order valence-corrected chi connectivity index (χ4v) is 1.73. The molecule has 0 atom stereocenters. The van der Waals surface area contributed by atoms with E-state index in [2.05, 4.69) is 21.6 Å². The molecule has 2 heterocycles. The van der Waals surface area contributed by atoms with Gasteiger partial charge in [0, 0.05) is 25.9 Å². The van der Waals surface area contributed by atoms with E-state index in [1.807, 2.05) is 0 Å². The fourth-order valence-electron chi connectivity index (χ4n) is 1.73. The minimum absolute atomic E-state index is 1.14. The third kappa shape index (κ3) is 13.5. The van der Waals surface area contributed by atoms with Crippen LogP contribution in [0.2, 0.25) is 0 Å². The minimum atomic E-state index is -4.42. The van der Waals surface area contributed by atoms with Crippen molar-refractivity contribution in [1.82, 2.24) is 10.4 Å². The smallest absolute Gasteiger partial charge is 0.379 e. The molecule has 10 heteroatoms. The molecular formula is C10H18F3N3O3S. The molecule has 6 nitrogen and oxygen atoms in total. The van der Waals surface area contributed by atoms with Gasteiger partial charge in [-0.2, -0.15) is 13.2 Å². The van der Waals surface area contributed by atoms with Crippen LogP contribution in [-0.2, 0) is 10.3 Å². The van der Waals surface area contributed by atoms with Gasteiger partial charge in [0.05, 0.1) is 0 Å². The Bertz CT molecular complexity index is 380. The fraction of sp³-hybridized carbons (Fsp3) is 0.800. The summed E-state index contributed by atoms with van der Waals surface area (Å²) in [5, 5.41) is 6.06. The Kier molecular flexibility index (Phi) is 9.43. The molecule has 0 aromatic carbocycles.